The summed E-state index contributed by atoms with van der Waals surface area (Å²) in [4.78, 5) is 11.7. The van der Waals surface area contributed by atoms with Crippen LogP contribution in [0.3, 0.4) is 0 Å². The molecule has 1 aliphatic heterocycles. The maximum Gasteiger partial charge on any atom is 0.162 e. The van der Waals surface area contributed by atoms with E-state index >= 15 is 0 Å². The van der Waals surface area contributed by atoms with Crippen LogP contribution in [0.1, 0.15) is 40.0 Å². The molecule has 0 aromatic heterocycles. The number of rotatable bonds is 0. The fourth-order valence-electron chi connectivity index (χ4n) is 2.22. The average Bonchev–Trinajstić information content (AvgIpc) is 2.24. The lowest BCUT2D eigenvalue weighted by Gasteiger charge is -2.24. The van der Waals surface area contributed by atoms with Gasteiger partial charge < -0.3 is 4.74 Å². The number of ether oxygens (including phenoxy) is 1. The van der Waals surface area contributed by atoms with Gasteiger partial charge in [-0.2, -0.15) is 0 Å². The van der Waals surface area contributed by atoms with E-state index in [0.29, 0.717) is 12.2 Å². The summed E-state index contributed by atoms with van der Waals surface area (Å²) in [6.07, 6.45) is 2.77. The van der Waals surface area contributed by atoms with Crippen LogP contribution >= 0.6 is 0 Å². The van der Waals surface area contributed by atoms with Crippen LogP contribution < -0.4 is 0 Å². The Balaban J connectivity index is 2.43. The van der Waals surface area contributed by atoms with Gasteiger partial charge >= 0.3 is 0 Å². The quantitative estimate of drug-likeness (QED) is 0.572. The standard InChI is InChI=1S/C11H16O2/c1-7-11(2,3)10-8(12)5-4-6-9(10)13-7/h7H,4-6H2,1-3H3. The maximum absolute atomic E-state index is 11.7. The monoisotopic (exact) mass is 180 g/mol. The Bertz CT molecular complexity index is 286. The van der Waals surface area contributed by atoms with Gasteiger partial charge in [0.25, 0.3) is 0 Å². The number of Topliss-reactive ketones (excluding diaryl/α,β-unsaturated/α-hetero) is 1. The van der Waals surface area contributed by atoms with Crippen molar-refractivity contribution in [3.05, 3.63) is 11.3 Å². The number of carbonyl (C=O) groups is 1. The molecular formula is C11H16O2. The van der Waals surface area contributed by atoms with E-state index in [1.807, 2.05) is 6.92 Å². The lowest BCUT2D eigenvalue weighted by molar-refractivity contribution is -0.116. The summed E-state index contributed by atoms with van der Waals surface area (Å²) in [6, 6.07) is 0. The van der Waals surface area contributed by atoms with E-state index in [1.165, 1.54) is 0 Å². The molecule has 13 heavy (non-hydrogen) atoms. The fraction of sp³-hybridized carbons (Fsp3) is 0.727. The summed E-state index contributed by atoms with van der Waals surface area (Å²) in [5.74, 6) is 1.27. The van der Waals surface area contributed by atoms with Gasteiger partial charge in [-0.1, -0.05) is 13.8 Å². The number of hydrogen-bond donors (Lipinski definition) is 0. The van der Waals surface area contributed by atoms with Gasteiger partial charge in [-0.15, -0.1) is 0 Å². The third kappa shape index (κ3) is 1.11. The van der Waals surface area contributed by atoms with Gasteiger partial charge in [0.15, 0.2) is 5.78 Å². The van der Waals surface area contributed by atoms with Crippen molar-refractivity contribution in [2.24, 2.45) is 5.41 Å². The molecule has 1 aliphatic carbocycles. The van der Waals surface area contributed by atoms with Gasteiger partial charge in [0.1, 0.15) is 11.9 Å². The van der Waals surface area contributed by atoms with E-state index in [4.69, 9.17) is 4.74 Å². The molecule has 2 aliphatic rings. The van der Waals surface area contributed by atoms with Crippen LogP contribution in [-0.4, -0.2) is 11.9 Å². The molecule has 0 fully saturated rings. The van der Waals surface area contributed by atoms with Crippen LogP contribution in [0.15, 0.2) is 11.3 Å². The predicted octanol–water partition coefficient (Wildman–Crippen LogP) is 2.44. The highest BCUT2D eigenvalue weighted by atomic mass is 16.5. The number of ketones is 1. The summed E-state index contributed by atoms with van der Waals surface area (Å²) in [5.41, 5.74) is 0.888. The molecule has 0 spiro atoms. The van der Waals surface area contributed by atoms with E-state index in [2.05, 4.69) is 13.8 Å². The van der Waals surface area contributed by atoms with Gasteiger partial charge in [-0.05, 0) is 13.3 Å². The SMILES string of the molecule is CC1OC2=C(C(=O)CCC2)C1(C)C. The normalized spacial score (nSPS) is 31.6. The fourth-order valence-corrected chi connectivity index (χ4v) is 2.22. The molecule has 1 heterocycles. The van der Waals surface area contributed by atoms with E-state index in [1.54, 1.807) is 0 Å². The minimum Gasteiger partial charge on any atom is -0.494 e. The van der Waals surface area contributed by atoms with Crippen LogP contribution in [0.25, 0.3) is 0 Å². The Morgan fingerprint density at radius 1 is 1.38 bits per heavy atom. The Hall–Kier alpha value is -0.790. The number of carbonyl (C=O) groups excluding carboxylic acids is 1. The van der Waals surface area contributed by atoms with Gasteiger partial charge in [0.05, 0.1) is 0 Å². The molecule has 0 saturated heterocycles. The van der Waals surface area contributed by atoms with Crippen molar-refractivity contribution in [1.29, 1.82) is 0 Å². The summed E-state index contributed by atoms with van der Waals surface area (Å²) < 4.78 is 5.71. The first-order chi connectivity index (χ1) is 6.03. The lowest BCUT2D eigenvalue weighted by Crippen LogP contribution is -2.28. The Morgan fingerprint density at radius 2 is 2.08 bits per heavy atom. The molecule has 2 nitrogen and oxygen atoms in total. The average molecular weight is 180 g/mol. The van der Waals surface area contributed by atoms with Crippen LogP contribution in [0.4, 0.5) is 0 Å². The molecular weight excluding hydrogens is 164 g/mol. The Morgan fingerprint density at radius 3 is 2.69 bits per heavy atom. The second-order valence-corrected chi connectivity index (χ2v) is 4.56. The van der Waals surface area contributed by atoms with Gasteiger partial charge in [-0.25, -0.2) is 0 Å². The highest BCUT2D eigenvalue weighted by molar-refractivity contribution is 5.98. The molecule has 0 aromatic carbocycles. The van der Waals surface area contributed by atoms with Crippen molar-refractivity contribution in [3.8, 4) is 0 Å². The van der Waals surface area contributed by atoms with E-state index < -0.39 is 0 Å². The molecule has 0 saturated carbocycles. The first kappa shape index (κ1) is 8.79. The molecule has 1 unspecified atom stereocenters. The van der Waals surface area contributed by atoms with Gasteiger partial charge in [0.2, 0.25) is 0 Å². The highest BCUT2D eigenvalue weighted by Crippen LogP contribution is 2.46. The van der Waals surface area contributed by atoms with Gasteiger partial charge in [-0.3, -0.25) is 4.79 Å². The van der Waals surface area contributed by atoms with Crippen LogP contribution in [0, 0.1) is 5.41 Å². The summed E-state index contributed by atoms with van der Waals surface area (Å²) in [6.45, 7) is 6.25. The number of hydrogen-bond acceptors (Lipinski definition) is 2. The third-order valence-electron chi connectivity index (χ3n) is 3.35. The Labute approximate surface area is 79.0 Å². The lowest BCUT2D eigenvalue weighted by atomic mass is 9.76. The minimum atomic E-state index is -0.0766. The largest absolute Gasteiger partial charge is 0.494 e. The zero-order chi connectivity index (χ0) is 9.64. The third-order valence-corrected chi connectivity index (χ3v) is 3.35. The van der Waals surface area contributed by atoms with Crippen LogP contribution in [-0.2, 0) is 9.53 Å². The molecule has 0 N–H and O–H groups in total. The predicted molar refractivity (Wildman–Crippen MR) is 50.2 cm³/mol. The summed E-state index contributed by atoms with van der Waals surface area (Å²) in [5, 5.41) is 0. The van der Waals surface area contributed by atoms with Crippen molar-refractivity contribution < 1.29 is 9.53 Å². The topological polar surface area (TPSA) is 26.3 Å². The molecule has 2 rings (SSSR count). The van der Waals surface area contributed by atoms with Gasteiger partial charge in [0, 0.05) is 23.8 Å². The van der Waals surface area contributed by atoms with E-state index in [9.17, 15) is 4.79 Å². The highest BCUT2D eigenvalue weighted by Gasteiger charge is 2.44. The Kier molecular flexibility index (Phi) is 1.76. The zero-order valence-electron chi connectivity index (χ0n) is 8.52. The van der Waals surface area contributed by atoms with Crippen molar-refractivity contribution in [2.75, 3.05) is 0 Å². The zero-order valence-corrected chi connectivity index (χ0v) is 8.52. The van der Waals surface area contributed by atoms with Crippen molar-refractivity contribution >= 4 is 5.78 Å². The maximum atomic E-state index is 11.7. The molecule has 0 bridgehead atoms. The second-order valence-electron chi connectivity index (χ2n) is 4.56. The minimum absolute atomic E-state index is 0.0766. The molecule has 1 atom stereocenters. The number of allylic oxidation sites excluding steroid dienone is 1. The molecule has 2 heteroatoms. The van der Waals surface area contributed by atoms with Crippen LogP contribution in [0.5, 0.6) is 0 Å². The molecule has 0 aromatic rings. The summed E-state index contributed by atoms with van der Waals surface area (Å²) in [7, 11) is 0. The van der Waals surface area contributed by atoms with Crippen molar-refractivity contribution in [3.63, 3.8) is 0 Å². The first-order valence-corrected chi connectivity index (χ1v) is 4.97. The van der Waals surface area contributed by atoms with E-state index in [-0.39, 0.29) is 11.5 Å². The second kappa shape index (κ2) is 2.60. The molecule has 0 amide bonds. The smallest absolute Gasteiger partial charge is 0.162 e. The van der Waals surface area contributed by atoms with E-state index in [0.717, 1.165) is 24.2 Å². The van der Waals surface area contributed by atoms with Crippen LogP contribution in [0.2, 0.25) is 0 Å². The van der Waals surface area contributed by atoms with Crippen molar-refractivity contribution in [1.82, 2.24) is 0 Å². The van der Waals surface area contributed by atoms with Crippen molar-refractivity contribution in [2.45, 2.75) is 46.1 Å². The first-order valence-electron chi connectivity index (χ1n) is 4.97. The summed E-state index contributed by atoms with van der Waals surface area (Å²) >= 11 is 0. The molecule has 0 radical (unpaired) electrons. The molecule has 72 valence electrons.